The largest absolute Gasteiger partial charge is 0.469 e. The molecular weight excluding hydrogens is 997 g/mol. The number of benzene rings is 9. The number of anilines is 6. The van der Waals surface area contributed by atoms with Crippen molar-refractivity contribution in [1.29, 1.82) is 0 Å². The van der Waals surface area contributed by atoms with E-state index in [4.69, 9.17) is 9.47 Å². The zero-order valence-electron chi connectivity index (χ0n) is 43.4. The number of para-hydroxylation sites is 2. The minimum Gasteiger partial charge on any atom is -0.469 e. The third-order valence-electron chi connectivity index (χ3n) is 14.0. The summed E-state index contributed by atoms with van der Waals surface area (Å²) in [5.74, 6) is -0.407. The summed E-state index contributed by atoms with van der Waals surface area (Å²) in [4.78, 5) is 32.9. The van der Waals surface area contributed by atoms with E-state index in [1.807, 2.05) is 34.8 Å². The molecule has 2 heterocycles. The molecule has 2 aromatic heterocycles. The molecule has 0 spiro atoms. The number of carbonyl (C=O) groups excluding carboxylic acids is 2. The number of aryl methyl sites for hydroxylation is 2. The van der Waals surface area contributed by atoms with Gasteiger partial charge in [-0.15, -0.1) is 22.7 Å². The van der Waals surface area contributed by atoms with Crippen molar-refractivity contribution >= 4 is 115 Å². The highest BCUT2D eigenvalue weighted by molar-refractivity contribution is 7.17. The van der Waals surface area contributed by atoms with Crippen LogP contribution in [0.1, 0.15) is 44.8 Å². The summed E-state index contributed by atoms with van der Waals surface area (Å²) in [6.07, 6.45) is 10.8. The predicted octanol–water partition coefficient (Wildman–Crippen LogP) is 18.9. The van der Waals surface area contributed by atoms with Gasteiger partial charge in [0.25, 0.3) is 0 Å². The fourth-order valence-electron chi connectivity index (χ4n) is 10.0. The fourth-order valence-corrected chi connectivity index (χ4v) is 12.0. The molecule has 0 radical (unpaired) electrons. The summed E-state index contributed by atoms with van der Waals surface area (Å²) < 4.78 is 9.70. The number of nitrogens with zero attached hydrogens (tertiary/aromatic N) is 2. The molecule has 382 valence electrons. The van der Waals surface area contributed by atoms with Crippen LogP contribution in [0.15, 0.2) is 231 Å². The lowest BCUT2D eigenvalue weighted by Crippen LogP contribution is -2.10. The molecule has 0 unspecified atom stereocenters. The lowest BCUT2D eigenvalue weighted by atomic mass is 9.90. The van der Waals surface area contributed by atoms with Gasteiger partial charge in [-0.25, -0.2) is 0 Å². The van der Waals surface area contributed by atoms with E-state index in [0.29, 0.717) is 25.7 Å². The van der Waals surface area contributed by atoms with Gasteiger partial charge in [0.1, 0.15) is 0 Å². The van der Waals surface area contributed by atoms with E-state index in [1.54, 1.807) is 0 Å². The number of methoxy groups -OCH3 is 2. The van der Waals surface area contributed by atoms with Crippen molar-refractivity contribution in [2.24, 2.45) is 0 Å². The predicted molar refractivity (Wildman–Crippen MR) is 329 cm³/mol. The molecule has 0 aliphatic rings. The van der Waals surface area contributed by atoms with Crippen molar-refractivity contribution in [2.75, 3.05) is 24.0 Å². The maximum atomic E-state index is 11.8. The van der Waals surface area contributed by atoms with Crippen LogP contribution in [-0.4, -0.2) is 26.2 Å². The third-order valence-corrected chi connectivity index (χ3v) is 16.1. The Bertz CT molecular complexity index is 3590. The van der Waals surface area contributed by atoms with Gasteiger partial charge >= 0.3 is 11.9 Å². The van der Waals surface area contributed by atoms with Gasteiger partial charge in [-0.2, -0.15) is 0 Å². The van der Waals surface area contributed by atoms with Gasteiger partial charge < -0.3 is 19.3 Å². The Morgan fingerprint density at radius 2 is 0.667 bits per heavy atom. The van der Waals surface area contributed by atoms with E-state index in [1.165, 1.54) is 66.4 Å². The van der Waals surface area contributed by atoms with Gasteiger partial charge in [-0.1, -0.05) is 146 Å². The lowest BCUT2D eigenvalue weighted by Gasteiger charge is -2.25. The van der Waals surface area contributed by atoms with Crippen molar-refractivity contribution in [2.45, 2.75) is 25.7 Å². The van der Waals surface area contributed by atoms with Crippen LogP contribution < -0.4 is 9.80 Å². The fraction of sp³-hybridized carbons (Fsp3) is 0.0857. The molecule has 11 aromatic rings. The van der Waals surface area contributed by atoms with Crippen LogP contribution in [0.5, 0.6) is 0 Å². The third kappa shape index (κ3) is 11.5. The van der Waals surface area contributed by atoms with Crippen LogP contribution in [-0.2, 0) is 31.9 Å². The van der Waals surface area contributed by atoms with Crippen LogP contribution in [0, 0.1) is 0 Å². The van der Waals surface area contributed by atoms with Crippen LogP contribution in [0.3, 0.4) is 0 Å². The summed E-state index contributed by atoms with van der Waals surface area (Å²) in [5, 5.41) is 4.95. The zero-order valence-corrected chi connectivity index (χ0v) is 45.1. The zero-order chi connectivity index (χ0) is 53.2. The molecular formula is C70H56N2O4S2. The molecule has 0 bridgehead atoms. The SMILES string of the molecule is COC(=O)CCc1ccc(N(c2ccccc2)c2ccc(C=Cc3ccc(-c4c5ccccc5c(-c5ccc(C=Cc6ccc(N(c7ccccc7)c7ccc(CCC(=O)OC)cc7)cc6)s5)c5ccccc45)s3)cc2)cc1. The normalized spacial score (nSPS) is 11.4. The van der Waals surface area contributed by atoms with Crippen LogP contribution in [0.2, 0.25) is 0 Å². The van der Waals surface area contributed by atoms with E-state index in [0.717, 1.165) is 56.4 Å². The Labute approximate surface area is 464 Å². The van der Waals surface area contributed by atoms with Gasteiger partial charge in [0.15, 0.2) is 0 Å². The van der Waals surface area contributed by atoms with E-state index >= 15 is 0 Å². The average molecular weight is 1050 g/mol. The van der Waals surface area contributed by atoms with Crippen molar-refractivity contribution in [3.63, 3.8) is 0 Å². The van der Waals surface area contributed by atoms with Crippen LogP contribution in [0.25, 0.3) is 66.7 Å². The van der Waals surface area contributed by atoms with Crippen molar-refractivity contribution in [1.82, 2.24) is 0 Å². The Balaban J connectivity index is 0.819. The molecule has 78 heavy (non-hydrogen) atoms. The summed E-state index contributed by atoms with van der Waals surface area (Å²) in [6, 6.07) is 81.7. The van der Waals surface area contributed by atoms with Gasteiger partial charge in [0.05, 0.1) is 14.2 Å². The van der Waals surface area contributed by atoms with E-state index in [9.17, 15) is 9.59 Å². The number of hydrogen-bond donors (Lipinski definition) is 0. The maximum absolute atomic E-state index is 11.8. The second-order valence-corrected chi connectivity index (χ2v) is 21.2. The molecule has 8 heteroatoms. The van der Waals surface area contributed by atoms with E-state index in [2.05, 4.69) is 252 Å². The number of rotatable bonds is 18. The number of hydrogen-bond acceptors (Lipinski definition) is 8. The molecule has 6 nitrogen and oxygen atoms in total. The number of esters is 2. The highest BCUT2D eigenvalue weighted by Crippen LogP contribution is 2.47. The monoisotopic (exact) mass is 1050 g/mol. The number of fused-ring (bicyclic) bond motifs is 2. The smallest absolute Gasteiger partial charge is 0.305 e. The topological polar surface area (TPSA) is 59.1 Å². The molecule has 0 aliphatic heterocycles. The Morgan fingerprint density at radius 3 is 1.00 bits per heavy atom. The van der Waals surface area contributed by atoms with E-state index < -0.39 is 0 Å². The molecule has 0 aliphatic carbocycles. The first-order chi connectivity index (χ1) is 38.4. The minimum atomic E-state index is -0.204. The molecule has 9 aromatic carbocycles. The molecule has 0 amide bonds. The second-order valence-electron chi connectivity index (χ2n) is 18.9. The first kappa shape index (κ1) is 51.0. The summed E-state index contributed by atoms with van der Waals surface area (Å²) in [6.45, 7) is 0. The number of ether oxygens (including phenoxy) is 2. The quantitative estimate of drug-likeness (QED) is 0.0630. The van der Waals surface area contributed by atoms with Crippen molar-refractivity contribution in [3.05, 3.63) is 263 Å². The average Bonchev–Trinajstić information content (AvgIpc) is 4.20. The summed E-state index contributed by atoms with van der Waals surface area (Å²) in [5.41, 5.74) is 13.3. The van der Waals surface area contributed by atoms with Gasteiger partial charge in [0.2, 0.25) is 0 Å². The van der Waals surface area contributed by atoms with Gasteiger partial charge in [0, 0.05) is 77.6 Å². The molecule has 0 saturated heterocycles. The minimum absolute atomic E-state index is 0.204. The summed E-state index contributed by atoms with van der Waals surface area (Å²) >= 11 is 3.63. The maximum Gasteiger partial charge on any atom is 0.305 e. The molecule has 0 atom stereocenters. The Morgan fingerprint density at radius 1 is 0.359 bits per heavy atom. The van der Waals surface area contributed by atoms with Gasteiger partial charge in [-0.3, -0.25) is 9.59 Å². The molecule has 11 rings (SSSR count). The summed E-state index contributed by atoms with van der Waals surface area (Å²) in [7, 11) is 2.86. The second kappa shape index (κ2) is 23.9. The van der Waals surface area contributed by atoms with Crippen LogP contribution in [0.4, 0.5) is 34.1 Å². The van der Waals surface area contributed by atoms with Crippen molar-refractivity contribution in [3.8, 4) is 20.9 Å². The number of carbonyl (C=O) groups is 2. The highest BCUT2D eigenvalue weighted by atomic mass is 32.1. The Hall–Kier alpha value is -9.08. The highest BCUT2D eigenvalue weighted by Gasteiger charge is 2.19. The first-order valence-electron chi connectivity index (χ1n) is 26.1. The molecule has 0 fully saturated rings. The molecule has 0 N–H and O–H groups in total. The first-order valence-corrected chi connectivity index (χ1v) is 27.7. The lowest BCUT2D eigenvalue weighted by molar-refractivity contribution is -0.141. The van der Waals surface area contributed by atoms with Gasteiger partial charge in [-0.05, 0) is 166 Å². The van der Waals surface area contributed by atoms with E-state index in [-0.39, 0.29) is 11.9 Å². The molecule has 0 saturated carbocycles. The Kier molecular flexibility index (Phi) is 15.6. The van der Waals surface area contributed by atoms with Crippen molar-refractivity contribution < 1.29 is 19.1 Å². The standard InChI is InChI=1S/C70H56N2O4S2/c1-75-67(73)47-31-51-25-37-57(38-26-51)71(53-13-5-3-6-14-53)55-33-21-49(22-34-55)29-41-59-43-45-65(77-59)69-61-17-9-11-19-63(61)70(64-20-12-10-18-62(64)69)66-46-44-60(78-66)42-30-50-23-35-56(36-24-50)72(54-15-7-4-8-16-54)58-39-27-52(28-40-58)32-48-68(74)76-2/h3-30,33-46H,31-32,47-48H2,1-2H3. The van der Waals surface area contributed by atoms with Crippen LogP contribution >= 0.6 is 22.7 Å². The number of thiophene rings is 2.